The second-order valence-corrected chi connectivity index (χ2v) is 5.73. The summed E-state index contributed by atoms with van der Waals surface area (Å²) in [6, 6.07) is 8.34. The van der Waals surface area contributed by atoms with Crippen molar-refractivity contribution in [3.63, 3.8) is 0 Å². The molecule has 0 heterocycles. The molecule has 0 saturated heterocycles. The fourth-order valence-electron chi connectivity index (χ4n) is 3.01. The largest absolute Gasteiger partial charge is 0.316 e. The average Bonchev–Trinajstić information content (AvgIpc) is 2.75. The molecule has 0 bridgehead atoms. The van der Waals surface area contributed by atoms with Gasteiger partial charge < -0.3 is 5.32 Å². The van der Waals surface area contributed by atoms with E-state index in [1.807, 2.05) is 6.07 Å². The van der Waals surface area contributed by atoms with Gasteiger partial charge in [-0.3, -0.25) is 0 Å². The molecule has 1 nitrogen and oxygen atoms in total. The minimum absolute atomic E-state index is 0.473. The van der Waals surface area contributed by atoms with E-state index >= 15 is 0 Å². The van der Waals surface area contributed by atoms with Gasteiger partial charge in [0.15, 0.2) is 0 Å². The van der Waals surface area contributed by atoms with Crippen LogP contribution in [0.25, 0.3) is 0 Å². The lowest BCUT2D eigenvalue weighted by molar-refractivity contribution is 0.280. The number of hydrogen-bond acceptors (Lipinski definition) is 1. The van der Waals surface area contributed by atoms with Crippen LogP contribution in [0.2, 0.25) is 5.02 Å². The lowest BCUT2D eigenvalue weighted by Crippen LogP contribution is -2.33. The summed E-state index contributed by atoms with van der Waals surface area (Å²) in [6.45, 7) is 4.40. The van der Waals surface area contributed by atoms with Gasteiger partial charge >= 0.3 is 0 Å². The van der Waals surface area contributed by atoms with Crippen molar-refractivity contribution in [1.82, 2.24) is 5.32 Å². The molecule has 1 aliphatic carbocycles. The summed E-state index contributed by atoms with van der Waals surface area (Å²) in [7, 11) is 0. The summed E-state index contributed by atoms with van der Waals surface area (Å²) in [5.74, 6) is 0. The van der Waals surface area contributed by atoms with Gasteiger partial charge in [-0.25, -0.2) is 0 Å². The smallest absolute Gasteiger partial charge is 0.0408 e. The van der Waals surface area contributed by atoms with E-state index in [0.717, 1.165) is 18.1 Å². The van der Waals surface area contributed by atoms with E-state index in [-0.39, 0.29) is 0 Å². The van der Waals surface area contributed by atoms with E-state index < -0.39 is 0 Å². The Balaban J connectivity index is 2.07. The second kappa shape index (κ2) is 5.88. The van der Waals surface area contributed by atoms with Gasteiger partial charge in [-0.2, -0.15) is 0 Å². The van der Waals surface area contributed by atoms with Gasteiger partial charge in [0.05, 0.1) is 0 Å². The highest BCUT2D eigenvalue weighted by molar-refractivity contribution is 6.30. The van der Waals surface area contributed by atoms with Crippen LogP contribution in [0, 0.1) is 5.41 Å². The van der Waals surface area contributed by atoms with Gasteiger partial charge in [0, 0.05) is 11.6 Å². The van der Waals surface area contributed by atoms with Crippen molar-refractivity contribution in [1.29, 1.82) is 0 Å². The Bertz CT molecular complexity index is 356. The lowest BCUT2D eigenvalue weighted by Gasteiger charge is -2.29. The van der Waals surface area contributed by atoms with Crippen molar-refractivity contribution in [2.24, 2.45) is 5.41 Å². The molecule has 2 heteroatoms. The fourth-order valence-corrected chi connectivity index (χ4v) is 3.22. The van der Waals surface area contributed by atoms with Gasteiger partial charge in [-0.05, 0) is 48.9 Å². The van der Waals surface area contributed by atoms with Crippen LogP contribution in [0.1, 0.15) is 38.2 Å². The average molecular weight is 252 g/mol. The highest BCUT2D eigenvalue weighted by Gasteiger charge is 2.33. The third-order valence-corrected chi connectivity index (χ3v) is 4.12. The van der Waals surface area contributed by atoms with Crippen LogP contribution in [0.15, 0.2) is 24.3 Å². The van der Waals surface area contributed by atoms with Crippen LogP contribution >= 0.6 is 11.6 Å². The first-order chi connectivity index (χ1) is 8.24. The Hall–Kier alpha value is -0.530. The third-order valence-electron chi connectivity index (χ3n) is 3.88. The molecular formula is C15H22ClN. The van der Waals surface area contributed by atoms with Gasteiger partial charge in [0.1, 0.15) is 0 Å². The molecule has 1 aliphatic rings. The van der Waals surface area contributed by atoms with Crippen molar-refractivity contribution < 1.29 is 0 Å². The van der Waals surface area contributed by atoms with Gasteiger partial charge in [0.25, 0.3) is 0 Å². The Morgan fingerprint density at radius 1 is 1.29 bits per heavy atom. The first kappa shape index (κ1) is 12.9. The highest BCUT2D eigenvalue weighted by Crippen LogP contribution is 2.40. The zero-order valence-corrected chi connectivity index (χ0v) is 11.4. The minimum atomic E-state index is 0.473. The normalized spacial score (nSPS) is 18.5. The third kappa shape index (κ3) is 3.46. The van der Waals surface area contributed by atoms with E-state index in [2.05, 4.69) is 30.4 Å². The molecular weight excluding hydrogens is 230 g/mol. The first-order valence-corrected chi connectivity index (χ1v) is 7.07. The quantitative estimate of drug-likeness (QED) is 0.833. The van der Waals surface area contributed by atoms with Crippen molar-refractivity contribution in [3.8, 4) is 0 Å². The van der Waals surface area contributed by atoms with Crippen molar-refractivity contribution in [2.45, 2.75) is 39.0 Å². The summed E-state index contributed by atoms with van der Waals surface area (Å²) in [4.78, 5) is 0. The zero-order chi connectivity index (χ0) is 12.1. The minimum Gasteiger partial charge on any atom is -0.316 e. The van der Waals surface area contributed by atoms with Crippen LogP contribution in [0.4, 0.5) is 0 Å². The number of benzene rings is 1. The Morgan fingerprint density at radius 2 is 2.06 bits per heavy atom. The number of halogens is 1. The first-order valence-electron chi connectivity index (χ1n) is 6.69. The molecule has 0 radical (unpaired) electrons. The molecule has 0 aliphatic heterocycles. The number of rotatable bonds is 5. The SMILES string of the molecule is CCNCC1(Cc2cccc(Cl)c2)CCCC1. The van der Waals surface area contributed by atoms with E-state index in [1.54, 1.807) is 0 Å². The molecule has 0 aromatic heterocycles. The van der Waals surface area contributed by atoms with Crippen LogP contribution in [0.5, 0.6) is 0 Å². The van der Waals surface area contributed by atoms with Crippen molar-refractivity contribution in [3.05, 3.63) is 34.9 Å². The van der Waals surface area contributed by atoms with Crippen molar-refractivity contribution in [2.75, 3.05) is 13.1 Å². The number of nitrogens with one attached hydrogen (secondary N) is 1. The van der Waals surface area contributed by atoms with Gasteiger partial charge in [-0.1, -0.05) is 43.5 Å². The molecule has 1 saturated carbocycles. The summed E-state index contributed by atoms with van der Waals surface area (Å²) in [6.07, 6.45) is 6.64. The van der Waals surface area contributed by atoms with E-state index in [1.165, 1.54) is 37.7 Å². The predicted octanol–water partition coefficient (Wildman–Crippen LogP) is 4.05. The summed E-state index contributed by atoms with van der Waals surface area (Å²) >= 11 is 6.06. The van der Waals surface area contributed by atoms with Crippen LogP contribution in [-0.4, -0.2) is 13.1 Å². The highest BCUT2D eigenvalue weighted by atomic mass is 35.5. The fraction of sp³-hybridized carbons (Fsp3) is 0.600. The lowest BCUT2D eigenvalue weighted by atomic mass is 9.80. The van der Waals surface area contributed by atoms with Gasteiger partial charge in [-0.15, -0.1) is 0 Å². The maximum Gasteiger partial charge on any atom is 0.0408 e. The Kier molecular flexibility index (Phi) is 4.47. The van der Waals surface area contributed by atoms with Crippen molar-refractivity contribution >= 4 is 11.6 Å². The van der Waals surface area contributed by atoms with E-state index in [9.17, 15) is 0 Å². The second-order valence-electron chi connectivity index (χ2n) is 5.29. The molecule has 1 aromatic rings. The van der Waals surface area contributed by atoms with Crippen LogP contribution < -0.4 is 5.32 Å². The molecule has 0 atom stereocenters. The molecule has 0 amide bonds. The standard InChI is InChI=1S/C15H22ClN/c1-2-17-12-15(8-3-4-9-15)11-13-6-5-7-14(16)10-13/h5-7,10,17H,2-4,8-9,11-12H2,1H3. The monoisotopic (exact) mass is 251 g/mol. The maximum absolute atomic E-state index is 6.06. The summed E-state index contributed by atoms with van der Waals surface area (Å²) in [5.41, 5.74) is 1.86. The molecule has 17 heavy (non-hydrogen) atoms. The number of hydrogen-bond donors (Lipinski definition) is 1. The maximum atomic E-state index is 6.06. The summed E-state index contributed by atoms with van der Waals surface area (Å²) < 4.78 is 0. The van der Waals surface area contributed by atoms with Crippen LogP contribution in [0.3, 0.4) is 0 Å². The van der Waals surface area contributed by atoms with Gasteiger partial charge in [0.2, 0.25) is 0 Å². The predicted molar refractivity (Wildman–Crippen MR) is 74.6 cm³/mol. The zero-order valence-electron chi connectivity index (χ0n) is 10.6. The molecule has 1 fully saturated rings. The van der Waals surface area contributed by atoms with E-state index in [4.69, 9.17) is 11.6 Å². The molecule has 0 spiro atoms. The Labute approximate surface area is 110 Å². The Morgan fingerprint density at radius 3 is 2.71 bits per heavy atom. The molecule has 2 rings (SSSR count). The molecule has 1 aromatic carbocycles. The molecule has 94 valence electrons. The van der Waals surface area contributed by atoms with E-state index in [0.29, 0.717) is 5.41 Å². The topological polar surface area (TPSA) is 12.0 Å². The molecule has 0 unspecified atom stereocenters. The molecule has 1 N–H and O–H groups in total. The summed E-state index contributed by atoms with van der Waals surface area (Å²) in [5, 5.41) is 4.39. The van der Waals surface area contributed by atoms with Crippen LogP contribution in [-0.2, 0) is 6.42 Å².